The Morgan fingerprint density at radius 3 is 3.00 bits per heavy atom. The molecule has 92 valence electrons. The fourth-order valence-corrected chi connectivity index (χ4v) is 2.27. The maximum atomic E-state index is 10.5. The SMILES string of the molecule is Cc1c(CCCC(=O)O)c(Cl)cc2c1OCO2. The number of hydrogen-bond acceptors (Lipinski definition) is 3. The molecule has 0 spiro atoms. The molecule has 17 heavy (non-hydrogen) atoms. The molecule has 1 aromatic rings. The molecule has 0 atom stereocenters. The van der Waals surface area contributed by atoms with E-state index in [1.165, 1.54) is 0 Å². The van der Waals surface area contributed by atoms with Crippen molar-refractivity contribution in [2.75, 3.05) is 6.79 Å². The van der Waals surface area contributed by atoms with Crippen LogP contribution in [0.1, 0.15) is 24.0 Å². The molecule has 1 aliphatic rings. The second-order valence-corrected chi connectivity index (χ2v) is 4.35. The van der Waals surface area contributed by atoms with Crippen LogP contribution in [0.25, 0.3) is 0 Å². The molecule has 0 bridgehead atoms. The van der Waals surface area contributed by atoms with Crippen molar-refractivity contribution in [3.63, 3.8) is 0 Å². The third-order valence-corrected chi connectivity index (χ3v) is 3.14. The van der Waals surface area contributed by atoms with Gasteiger partial charge in [-0.1, -0.05) is 11.6 Å². The molecule has 0 unspecified atom stereocenters. The Balaban J connectivity index is 2.19. The van der Waals surface area contributed by atoms with Crippen molar-refractivity contribution >= 4 is 17.6 Å². The van der Waals surface area contributed by atoms with Crippen LogP contribution in [0, 0.1) is 6.92 Å². The van der Waals surface area contributed by atoms with Crippen LogP contribution < -0.4 is 9.47 Å². The lowest BCUT2D eigenvalue weighted by molar-refractivity contribution is -0.137. The van der Waals surface area contributed by atoms with E-state index in [9.17, 15) is 4.79 Å². The van der Waals surface area contributed by atoms with Crippen molar-refractivity contribution < 1.29 is 19.4 Å². The summed E-state index contributed by atoms with van der Waals surface area (Å²) in [6.07, 6.45) is 1.34. The van der Waals surface area contributed by atoms with Crippen molar-refractivity contribution in [1.29, 1.82) is 0 Å². The summed E-state index contributed by atoms with van der Waals surface area (Å²) in [4.78, 5) is 10.5. The van der Waals surface area contributed by atoms with E-state index in [1.807, 2.05) is 6.92 Å². The van der Waals surface area contributed by atoms with Crippen molar-refractivity contribution in [1.82, 2.24) is 0 Å². The van der Waals surface area contributed by atoms with E-state index in [0.717, 1.165) is 16.9 Å². The van der Waals surface area contributed by atoms with Gasteiger partial charge in [0.25, 0.3) is 0 Å². The number of carboxylic acids is 1. The van der Waals surface area contributed by atoms with Crippen LogP contribution in [0.4, 0.5) is 0 Å². The molecule has 0 fully saturated rings. The summed E-state index contributed by atoms with van der Waals surface area (Å²) in [5.74, 6) is 0.591. The lowest BCUT2D eigenvalue weighted by Crippen LogP contribution is -1.98. The highest BCUT2D eigenvalue weighted by Gasteiger charge is 2.20. The zero-order valence-corrected chi connectivity index (χ0v) is 10.2. The van der Waals surface area contributed by atoms with Crippen LogP contribution in [0.3, 0.4) is 0 Å². The Morgan fingerprint density at radius 1 is 1.53 bits per heavy atom. The van der Waals surface area contributed by atoms with Crippen LogP contribution in [-0.2, 0) is 11.2 Å². The third kappa shape index (κ3) is 2.47. The maximum absolute atomic E-state index is 10.5. The lowest BCUT2D eigenvalue weighted by atomic mass is 10.0. The second kappa shape index (κ2) is 4.84. The van der Waals surface area contributed by atoms with Gasteiger partial charge in [-0.25, -0.2) is 0 Å². The van der Waals surface area contributed by atoms with Gasteiger partial charge in [0.05, 0.1) is 0 Å². The van der Waals surface area contributed by atoms with Crippen LogP contribution in [0.5, 0.6) is 11.5 Å². The van der Waals surface area contributed by atoms with E-state index in [0.29, 0.717) is 23.6 Å². The van der Waals surface area contributed by atoms with Gasteiger partial charge in [0, 0.05) is 17.5 Å². The molecular weight excluding hydrogens is 244 g/mol. The first kappa shape index (κ1) is 12.0. The number of aliphatic carboxylic acids is 1. The van der Waals surface area contributed by atoms with Crippen molar-refractivity contribution in [2.45, 2.75) is 26.2 Å². The summed E-state index contributed by atoms with van der Waals surface area (Å²) in [6, 6.07) is 1.73. The Hall–Kier alpha value is -1.42. The number of hydrogen-bond donors (Lipinski definition) is 1. The van der Waals surface area contributed by atoms with E-state index >= 15 is 0 Å². The number of halogens is 1. The highest BCUT2D eigenvalue weighted by atomic mass is 35.5. The van der Waals surface area contributed by atoms with Gasteiger partial charge in [-0.15, -0.1) is 0 Å². The molecule has 0 aliphatic carbocycles. The van der Waals surface area contributed by atoms with Gasteiger partial charge in [-0.2, -0.15) is 0 Å². The maximum Gasteiger partial charge on any atom is 0.303 e. The van der Waals surface area contributed by atoms with Crippen LogP contribution >= 0.6 is 11.6 Å². The largest absolute Gasteiger partial charge is 0.481 e. The molecule has 1 aromatic carbocycles. The average Bonchev–Trinajstić information content (AvgIpc) is 2.70. The van der Waals surface area contributed by atoms with Gasteiger partial charge in [-0.05, 0) is 30.9 Å². The van der Waals surface area contributed by atoms with E-state index in [4.69, 9.17) is 26.2 Å². The summed E-state index contributed by atoms with van der Waals surface area (Å²) >= 11 is 6.15. The zero-order chi connectivity index (χ0) is 12.4. The third-order valence-electron chi connectivity index (χ3n) is 2.80. The molecule has 1 N–H and O–H groups in total. The summed E-state index contributed by atoms with van der Waals surface area (Å²) < 4.78 is 10.6. The van der Waals surface area contributed by atoms with Crippen LogP contribution in [0.15, 0.2) is 6.07 Å². The Morgan fingerprint density at radius 2 is 2.29 bits per heavy atom. The summed E-state index contributed by atoms with van der Waals surface area (Å²) in [7, 11) is 0. The van der Waals surface area contributed by atoms with Crippen LogP contribution in [0.2, 0.25) is 5.02 Å². The van der Waals surface area contributed by atoms with Gasteiger partial charge in [0.2, 0.25) is 6.79 Å². The van der Waals surface area contributed by atoms with Crippen molar-refractivity contribution in [3.8, 4) is 11.5 Å². The number of benzene rings is 1. The fraction of sp³-hybridized carbons (Fsp3) is 0.417. The monoisotopic (exact) mass is 256 g/mol. The first-order valence-electron chi connectivity index (χ1n) is 5.39. The van der Waals surface area contributed by atoms with E-state index in [2.05, 4.69) is 0 Å². The zero-order valence-electron chi connectivity index (χ0n) is 9.46. The number of carbonyl (C=O) groups is 1. The molecule has 1 heterocycles. The van der Waals surface area contributed by atoms with Gasteiger partial charge in [0.15, 0.2) is 11.5 Å². The molecule has 0 aromatic heterocycles. The lowest BCUT2D eigenvalue weighted by Gasteiger charge is -2.10. The standard InChI is InChI=1S/C12H13ClO4/c1-7-8(3-2-4-11(14)15)9(13)5-10-12(7)17-6-16-10/h5H,2-4,6H2,1H3,(H,14,15). The first-order valence-corrected chi connectivity index (χ1v) is 5.76. The van der Waals surface area contributed by atoms with Gasteiger partial charge in [-0.3, -0.25) is 4.79 Å². The predicted molar refractivity (Wildman–Crippen MR) is 62.9 cm³/mol. The van der Waals surface area contributed by atoms with Gasteiger partial charge < -0.3 is 14.6 Å². The van der Waals surface area contributed by atoms with Crippen LogP contribution in [-0.4, -0.2) is 17.9 Å². The molecule has 5 heteroatoms. The minimum atomic E-state index is -0.792. The highest BCUT2D eigenvalue weighted by Crippen LogP contribution is 2.41. The average molecular weight is 257 g/mol. The Kier molecular flexibility index (Phi) is 3.43. The molecule has 1 aliphatic heterocycles. The molecule has 0 amide bonds. The normalized spacial score (nSPS) is 12.8. The Bertz CT molecular complexity index is 456. The quantitative estimate of drug-likeness (QED) is 0.900. The number of ether oxygens (including phenoxy) is 2. The number of carboxylic acid groups (broad SMARTS) is 1. The van der Waals surface area contributed by atoms with Gasteiger partial charge >= 0.3 is 5.97 Å². The molecule has 0 saturated heterocycles. The smallest absolute Gasteiger partial charge is 0.303 e. The highest BCUT2D eigenvalue weighted by molar-refractivity contribution is 6.31. The Labute approximate surface area is 104 Å². The van der Waals surface area contributed by atoms with E-state index < -0.39 is 5.97 Å². The molecule has 0 radical (unpaired) electrons. The summed E-state index contributed by atoms with van der Waals surface area (Å²) in [5.41, 5.74) is 1.88. The first-order chi connectivity index (χ1) is 8.09. The minimum absolute atomic E-state index is 0.143. The van der Waals surface area contributed by atoms with Crippen molar-refractivity contribution in [3.05, 3.63) is 22.2 Å². The number of rotatable bonds is 4. The topological polar surface area (TPSA) is 55.8 Å². The molecule has 4 nitrogen and oxygen atoms in total. The van der Waals surface area contributed by atoms with Gasteiger partial charge in [0.1, 0.15) is 0 Å². The van der Waals surface area contributed by atoms with E-state index in [-0.39, 0.29) is 13.2 Å². The molecule has 0 saturated carbocycles. The summed E-state index contributed by atoms with van der Waals surface area (Å²) in [6.45, 7) is 2.13. The van der Waals surface area contributed by atoms with Crippen molar-refractivity contribution in [2.24, 2.45) is 0 Å². The fourth-order valence-electron chi connectivity index (χ4n) is 1.93. The molecular formula is C12H13ClO4. The second-order valence-electron chi connectivity index (χ2n) is 3.94. The van der Waals surface area contributed by atoms with E-state index in [1.54, 1.807) is 6.07 Å². The number of fused-ring (bicyclic) bond motifs is 1. The molecule has 2 rings (SSSR count). The summed E-state index contributed by atoms with van der Waals surface area (Å²) in [5, 5.41) is 9.22. The minimum Gasteiger partial charge on any atom is -0.481 e. The predicted octanol–water partition coefficient (Wildman–Crippen LogP) is 2.78.